The molecule has 5 atom stereocenters. The van der Waals surface area contributed by atoms with Crippen molar-refractivity contribution in [3.63, 3.8) is 0 Å². The summed E-state index contributed by atoms with van der Waals surface area (Å²) in [4.78, 5) is 5.57. The van der Waals surface area contributed by atoms with Crippen LogP contribution in [-0.4, -0.2) is 61.8 Å². The molecule has 6 aromatic rings. The number of hydrogen-bond acceptors (Lipinski definition) is 6. The average molecular weight is 874 g/mol. The summed E-state index contributed by atoms with van der Waals surface area (Å²) in [5, 5.41) is 0. The molecule has 6 aromatic carbocycles. The fraction of sp³-hybridized carbons (Fsp3) is 0.260. The summed E-state index contributed by atoms with van der Waals surface area (Å²) < 4.78 is 37.2. The van der Waals surface area contributed by atoms with Gasteiger partial charge in [-0.1, -0.05) is 0 Å². The SMILES string of the molecule is Cc1ccc([Te]C(=Nc2c(C)cccc2C)[C@H]2O[C@H](COCc3ccccc3)[C@@H](OCc3ccccc3)[C@H](OCc3ccccc3)[C@H]2OCc2ccccc2)cc1. The van der Waals surface area contributed by atoms with Crippen molar-refractivity contribution in [2.24, 2.45) is 4.99 Å². The van der Waals surface area contributed by atoms with Crippen LogP contribution in [0.3, 0.4) is 0 Å². The second-order valence-electron chi connectivity index (χ2n) is 14.5. The first-order valence-corrected chi connectivity index (χ1v) is 22.0. The van der Waals surface area contributed by atoms with E-state index in [4.69, 9.17) is 28.7 Å². The van der Waals surface area contributed by atoms with Gasteiger partial charge in [0.25, 0.3) is 0 Å². The Kier molecular flexibility index (Phi) is 14.9. The molecular formula is C50H51NO5Te. The van der Waals surface area contributed by atoms with Gasteiger partial charge in [-0.2, -0.15) is 0 Å². The molecule has 0 N–H and O–H groups in total. The summed E-state index contributed by atoms with van der Waals surface area (Å²) in [5.74, 6) is 0. The molecule has 57 heavy (non-hydrogen) atoms. The third-order valence-electron chi connectivity index (χ3n) is 10.0. The van der Waals surface area contributed by atoms with Crippen molar-refractivity contribution >= 4 is 34.0 Å². The van der Waals surface area contributed by atoms with Crippen LogP contribution < -0.4 is 3.61 Å². The Balaban J connectivity index is 1.33. The molecule has 0 spiro atoms. The predicted molar refractivity (Wildman–Crippen MR) is 229 cm³/mol. The quantitative estimate of drug-likeness (QED) is 0.0676. The molecule has 7 rings (SSSR count). The van der Waals surface area contributed by atoms with E-state index < -0.39 is 51.4 Å². The van der Waals surface area contributed by atoms with Crippen LogP contribution >= 0.6 is 0 Å². The number of rotatable bonds is 17. The number of nitrogens with zero attached hydrogens (tertiary/aromatic N) is 1. The number of ether oxygens (including phenoxy) is 5. The first kappa shape index (κ1) is 40.8. The van der Waals surface area contributed by atoms with Gasteiger partial charge in [-0.05, 0) is 0 Å². The van der Waals surface area contributed by atoms with E-state index >= 15 is 0 Å². The fourth-order valence-electron chi connectivity index (χ4n) is 6.95. The molecule has 0 aromatic heterocycles. The van der Waals surface area contributed by atoms with Crippen molar-refractivity contribution in [3.05, 3.63) is 203 Å². The number of aryl methyl sites for hydroxylation is 3. The second-order valence-corrected chi connectivity index (χ2v) is 17.6. The van der Waals surface area contributed by atoms with Crippen LogP contribution in [0.2, 0.25) is 0 Å². The molecule has 292 valence electrons. The van der Waals surface area contributed by atoms with Crippen LogP contribution in [0.15, 0.2) is 169 Å². The molecule has 0 bridgehead atoms. The van der Waals surface area contributed by atoms with Crippen molar-refractivity contribution < 1.29 is 23.7 Å². The van der Waals surface area contributed by atoms with Gasteiger partial charge in [-0.25, -0.2) is 0 Å². The molecule has 1 heterocycles. The third kappa shape index (κ3) is 11.6. The van der Waals surface area contributed by atoms with Gasteiger partial charge in [0.05, 0.1) is 0 Å². The van der Waals surface area contributed by atoms with Gasteiger partial charge >= 0.3 is 350 Å². The molecule has 1 saturated heterocycles. The summed E-state index contributed by atoms with van der Waals surface area (Å²) in [6, 6.07) is 56.3. The molecule has 0 aliphatic carbocycles. The first-order chi connectivity index (χ1) is 28.0. The van der Waals surface area contributed by atoms with Gasteiger partial charge in [-0.15, -0.1) is 0 Å². The van der Waals surface area contributed by atoms with E-state index in [9.17, 15) is 0 Å². The van der Waals surface area contributed by atoms with Gasteiger partial charge in [0.1, 0.15) is 0 Å². The van der Waals surface area contributed by atoms with Crippen LogP contribution in [0.1, 0.15) is 38.9 Å². The molecule has 0 unspecified atom stereocenters. The van der Waals surface area contributed by atoms with Crippen LogP contribution in [0, 0.1) is 20.8 Å². The maximum atomic E-state index is 7.37. The van der Waals surface area contributed by atoms with Gasteiger partial charge in [0.2, 0.25) is 0 Å². The predicted octanol–water partition coefficient (Wildman–Crippen LogP) is 9.41. The van der Waals surface area contributed by atoms with Crippen LogP contribution in [-0.2, 0) is 50.1 Å². The van der Waals surface area contributed by atoms with Crippen LogP contribution in [0.25, 0.3) is 0 Å². The number of hydrogen-bond donors (Lipinski definition) is 0. The summed E-state index contributed by atoms with van der Waals surface area (Å²) >= 11 is -1.07. The average Bonchev–Trinajstić information content (AvgIpc) is 3.25. The Labute approximate surface area is 347 Å². The fourth-order valence-corrected chi connectivity index (χ4v) is 9.68. The molecule has 6 nitrogen and oxygen atoms in total. The number of benzene rings is 6. The summed E-state index contributed by atoms with van der Waals surface area (Å²) in [6.45, 7) is 8.25. The second kappa shape index (κ2) is 20.8. The zero-order valence-electron chi connectivity index (χ0n) is 32.9. The minimum absolute atomic E-state index is 0.295. The minimum atomic E-state index is -1.07. The number of aliphatic imine (C=N–C) groups is 1. The maximum absolute atomic E-state index is 7.37. The number of para-hydroxylation sites is 1. The Morgan fingerprint density at radius 3 is 1.47 bits per heavy atom. The van der Waals surface area contributed by atoms with Gasteiger partial charge in [0, 0.05) is 0 Å². The normalized spacial score (nSPS) is 19.7. The van der Waals surface area contributed by atoms with Crippen LogP contribution in [0.4, 0.5) is 5.69 Å². The molecule has 1 aliphatic heterocycles. The van der Waals surface area contributed by atoms with E-state index in [2.05, 4.69) is 112 Å². The Hall–Kier alpha value is -4.42. The topological polar surface area (TPSA) is 58.5 Å². The Bertz CT molecular complexity index is 2110. The van der Waals surface area contributed by atoms with E-state index in [-0.39, 0.29) is 0 Å². The molecule has 7 heteroatoms. The molecular weight excluding hydrogens is 822 g/mol. The van der Waals surface area contributed by atoms with E-state index in [0.29, 0.717) is 33.0 Å². The zero-order chi connectivity index (χ0) is 39.2. The summed E-state index contributed by atoms with van der Waals surface area (Å²) in [6.07, 6.45) is -2.65. The Morgan fingerprint density at radius 1 is 0.509 bits per heavy atom. The molecule has 0 radical (unpaired) electrons. The van der Waals surface area contributed by atoms with Crippen LogP contribution in [0.5, 0.6) is 0 Å². The van der Waals surface area contributed by atoms with Crippen molar-refractivity contribution in [1.29, 1.82) is 0 Å². The van der Waals surface area contributed by atoms with E-state index in [0.717, 1.165) is 42.8 Å². The first-order valence-electron chi connectivity index (χ1n) is 19.6. The standard InChI is InChI=1S/C50H51NO5Te/c1-36-27-29-43(30-28-36)57-50(51-45-37(2)17-16-18-38(45)3)49-48(55-34-42-25-14-7-15-26-42)47(54-33-41-23-12-6-13-24-41)46(53-32-40-21-10-5-11-22-40)44(56-49)35-52-31-39-19-8-4-9-20-39/h4-30,44,46-49H,31-35H2,1-3H3/t44-,46-,47+,48-,49+/m1/s1. The van der Waals surface area contributed by atoms with E-state index in [1.165, 1.54) is 9.17 Å². The van der Waals surface area contributed by atoms with Crippen molar-refractivity contribution in [2.45, 2.75) is 77.7 Å². The van der Waals surface area contributed by atoms with Gasteiger partial charge in [0.15, 0.2) is 0 Å². The monoisotopic (exact) mass is 875 g/mol. The molecule has 1 fully saturated rings. The van der Waals surface area contributed by atoms with Gasteiger partial charge < -0.3 is 0 Å². The van der Waals surface area contributed by atoms with Crippen molar-refractivity contribution in [2.75, 3.05) is 6.61 Å². The molecule has 0 amide bonds. The zero-order valence-corrected chi connectivity index (χ0v) is 35.2. The molecule has 1 aliphatic rings. The summed E-state index contributed by atoms with van der Waals surface area (Å²) in [7, 11) is 0. The molecule has 0 saturated carbocycles. The Morgan fingerprint density at radius 2 is 0.965 bits per heavy atom. The van der Waals surface area contributed by atoms with Crippen molar-refractivity contribution in [1.82, 2.24) is 0 Å². The van der Waals surface area contributed by atoms with E-state index in [1.54, 1.807) is 0 Å². The summed E-state index contributed by atoms with van der Waals surface area (Å²) in [5.41, 5.74) is 8.72. The van der Waals surface area contributed by atoms with Gasteiger partial charge in [-0.3, -0.25) is 0 Å². The third-order valence-corrected chi connectivity index (χ3v) is 13.0. The van der Waals surface area contributed by atoms with Crippen molar-refractivity contribution in [3.8, 4) is 0 Å². The van der Waals surface area contributed by atoms with E-state index in [1.807, 2.05) is 72.8 Å².